The molecule has 0 saturated carbocycles. The summed E-state index contributed by atoms with van der Waals surface area (Å²) in [7, 11) is 2.89. The Bertz CT molecular complexity index is 583. The van der Waals surface area contributed by atoms with Gasteiger partial charge in [0.15, 0.2) is 23.1 Å². The lowest BCUT2D eigenvalue weighted by Gasteiger charge is -2.12. The van der Waals surface area contributed by atoms with Gasteiger partial charge in [-0.1, -0.05) is 16.8 Å². The highest BCUT2D eigenvalue weighted by Gasteiger charge is 2.22. The minimum Gasteiger partial charge on any atom is -0.507 e. The molecule has 96 valence electrons. The predicted molar refractivity (Wildman–Crippen MR) is 66.1 cm³/mol. The van der Waals surface area contributed by atoms with Crippen molar-refractivity contribution in [3.63, 3.8) is 0 Å². The van der Waals surface area contributed by atoms with E-state index >= 15 is 0 Å². The molecule has 0 radical (unpaired) electrons. The van der Waals surface area contributed by atoms with Crippen LogP contribution in [0.5, 0.6) is 17.2 Å². The molecule has 3 N–H and O–H groups in total. The predicted octanol–water partition coefficient (Wildman–Crippen LogP) is 2.30. The number of anilines is 1. The summed E-state index contributed by atoms with van der Waals surface area (Å²) in [5.74, 6) is 0.929. The molecule has 0 spiro atoms. The molecule has 18 heavy (non-hydrogen) atoms. The summed E-state index contributed by atoms with van der Waals surface area (Å²) in [6.07, 6.45) is 0. The van der Waals surface area contributed by atoms with Gasteiger partial charge in [-0.2, -0.15) is 0 Å². The minimum absolute atomic E-state index is 0.117. The molecule has 1 aromatic carbocycles. The standard InChI is InChI=1S/C11H11ClN2O4/c1-16-7-3-5(15)9(10(12)11(7)17-2)6-4-8(13)14-18-6/h3-4,15H,1-2H3,(H2,13,14). The Morgan fingerprint density at radius 1 is 1.33 bits per heavy atom. The Morgan fingerprint density at radius 2 is 2.06 bits per heavy atom. The van der Waals surface area contributed by atoms with Crippen LogP contribution in [0.3, 0.4) is 0 Å². The third-order valence-electron chi connectivity index (χ3n) is 2.37. The van der Waals surface area contributed by atoms with Gasteiger partial charge in [-0.05, 0) is 0 Å². The Morgan fingerprint density at radius 3 is 2.56 bits per heavy atom. The number of phenols is 1. The second-order valence-corrected chi connectivity index (χ2v) is 3.81. The van der Waals surface area contributed by atoms with E-state index < -0.39 is 0 Å². The molecule has 6 nitrogen and oxygen atoms in total. The molecule has 0 unspecified atom stereocenters. The second-order valence-electron chi connectivity index (χ2n) is 3.44. The van der Waals surface area contributed by atoms with Gasteiger partial charge >= 0.3 is 0 Å². The van der Waals surface area contributed by atoms with E-state index in [9.17, 15) is 5.11 Å². The van der Waals surface area contributed by atoms with Crippen LogP contribution in [-0.2, 0) is 0 Å². The first kappa shape index (κ1) is 12.4. The monoisotopic (exact) mass is 270 g/mol. The largest absolute Gasteiger partial charge is 0.507 e. The molecule has 2 aromatic rings. The number of nitrogen functional groups attached to an aromatic ring is 1. The van der Waals surface area contributed by atoms with Crippen LogP contribution in [-0.4, -0.2) is 24.5 Å². The minimum atomic E-state index is -0.117. The van der Waals surface area contributed by atoms with Gasteiger partial charge in [-0.3, -0.25) is 0 Å². The number of aromatic nitrogens is 1. The Hall–Kier alpha value is -2.08. The van der Waals surface area contributed by atoms with E-state index in [1.165, 1.54) is 26.4 Å². The number of hydrogen-bond acceptors (Lipinski definition) is 6. The zero-order chi connectivity index (χ0) is 13.3. The summed E-state index contributed by atoms with van der Waals surface area (Å²) < 4.78 is 15.2. The highest BCUT2D eigenvalue weighted by atomic mass is 35.5. The molecule has 0 bridgehead atoms. The van der Waals surface area contributed by atoms with Crippen molar-refractivity contribution < 1.29 is 19.1 Å². The Kier molecular flexibility index (Phi) is 3.20. The van der Waals surface area contributed by atoms with E-state index in [1.807, 2.05) is 0 Å². The molecular weight excluding hydrogens is 260 g/mol. The highest BCUT2D eigenvalue weighted by Crippen LogP contribution is 2.47. The van der Waals surface area contributed by atoms with Crippen LogP contribution in [0.2, 0.25) is 5.02 Å². The molecule has 0 fully saturated rings. The molecule has 0 atom stereocenters. The van der Waals surface area contributed by atoms with Crippen molar-refractivity contribution in [1.29, 1.82) is 0 Å². The molecule has 7 heteroatoms. The molecule has 2 rings (SSSR count). The van der Waals surface area contributed by atoms with E-state index in [1.54, 1.807) is 0 Å². The molecule has 1 aromatic heterocycles. The first-order valence-electron chi connectivity index (χ1n) is 4.94. The molecule has 0 aliphatic rings. The Balaban J connectivity index is 2.68. The maximum Gasteiger partial charge on any atom is 0.180 e. The number of phenolic OH excluding ortho intramolecular Hbond substituents is 1. The normalized spacial score (nSPS) is 10.4. The number of hydrogen-bond donors (Lipinski definition) is 2. The number of methoxy groups -OCH3 is 2. The van der Waals surface area contributed by atoms with Gasteiger partial charge in [-0.15, -0.1) is 0 Å². The van der Waals surface area contributed by atoms with E-state index in [-0.39, 0.29) is 27.9 Å². The smallest absolute Gasteiger partial charge is 0.180 e. The molecule has 0 aliphatic heterocycles. The van der Waals surface area contributed by atoms with Crippen LogP contribution < -0.4 is 15.2 Å². The number of ether oxygens (including phenoxy) is 2. The number of aromatic hydroxyl groups is 1. The fourth-order valence-electron chi connectivity index (χ4n) is 1.58. The first-order chi connectivity index (χ1) is 8.58. The molecule has 0 saturated heterocycles. The number of nitrogens with zero attached hydrogens (tertiary/aromatic N) is 1. The summed E-state index contributed by atoms with van der Waals surface area (Å²) >= 11 is 6.15. The quantitative estimate of drug-likeness (QED) is 0.889. The van der Waals surface area contributed by atoms with E-state index in [4.69, 9.17) is 31.3 Å². The zero-order valence-electron chi connectivity index (χ0n) is 9.73. The van der Waals surface area contributed by atoms with Crippen molar-refractivity contribution in [2.75, 3.05) is 20.0 Å². The summed E-state index contributed by atoms with van der Waals surface area (Å²) in [5.41, 5.74) is 5.71. The number of benzene rings is 1. The summed E-state index contributed by atoms with van der Waals surface area (Å²) in [6, 6.07) is 2.83. The van der Waals surface area contributed by atoms with E-state index in [0.29, 0.717) is 11.5 Å². The fourth-order valence-corrected chi connectivity index (χ4v) is 1.94. The molecule has 1 heterocycles. The Labute approximate surface area is 108 Å². The lowest BCUT2D eigenvalue weighted by molar-refractivity contribution is 0.351. The summed E-state index contributed by atoms with van der Waals surface area (Å²) in [4.78, 5) is 0. The van der Waals surface area contributed by atoms with Crippen molar-refractivity contribution in [2.24, 2.45) is 0 Å². The molecule has 0 amide bonds. The second kappa shape index (κ2) is 4.66. The summed E-state index contributed by atoms with van der Waals surface area (Å²) in [5, 5.41) is 13.6. The van der Waals surface area contributed by atoms with Crippen LogP contribution in [0, 0.1) is 0 Å². The number of nitrogens with two attached hydrogens (primary N) is 1. The number of rotatable bonds is 3. The zero-order valence-corrected chi connectivity index (χ0v) is 10.5. The maximum absolute atomic E-state index is 9.94. The van der Waals surface area contributed by atoms with Gasteiger partial charge in [0.05, 0.1) is 19.8 Å². The van der Waals surface area contributed by atoms with Crippen molar-refractivity contribution >= 4 is 17.4 Å². The van der Waals surface area contributed by atoms with E-state index in [2.05, 4.69) is 5.16 Å². The van der Waals surface area contributed by atoms with Gasteiger partial charge < -0.3 is 24.8 Å². The average molecular weight is 271 g/mol. The van der Waals surface area contributed by atoms with Crippen LogP contribution in [0.1, 0.15) is 0 Å². The highest BCUT2D eigenvalue weighted by molar-refractivity contribution is 6.35. The van der Waals surface area contributed by atoms with Crippen LogP contribution in [0.4, 0.5) is 5.82 Å². The third kappa shape index (κ3) is 1.91. The first-order valence-corrected chi connectivity index (χ1v) is 5.32. The maximum atomic E-state index is 9.94. The van der Waals surface area contributed by atoms with Gasteiger partial charge in [0, 0.05) is 12.1 Å². The van der Waals surface area contributed by atoms with Gasteiger partial charge in [-0.25, -0.2) is 0 Å². The average Bonchev–Trinajstić information content (AvgIpc) is 2.75. The molecular formula is C11H11ClN2O4. The van der Waals surface area contributed by atoms with Crippen LogP contribution >= 0.6 is 11.6 Å². The van der Waals surface area contributed by atoms with Crippen molar-refractivity contribution in [3.8, 4) is 28.6 Å². The van der Waals surface area contributed by atoms with Crippen LogP contribution in [0.15, 0.2) is 16.7 Å². The van der Waals surface area contributed by atoms with Gasteiger partial charge in [0.25, 0.3) is 0 Å². The lowest BCUT2D eigenvalue weighted by Crippen LogP contribution is -1.93. The van der Waals surface area contributed by atoms with Crippen molar-refractivity contribution in [2.45, 2.75) is 0 Å². The van der Waals surface area contributed by atoms with Crippen LogP contribution in [0.25, 0.3) is 11.3 Å². The summed E-state index contributed by atoms with van der Waals surface area (Å²) in [6.45, 7) is 0. The van der Waals surface area contributed by atoms with Crippen molar-refractivity contribution in [3.05, 3.63) is 17.2 Å². The lowest BCUT2D eigenvalue weighted by atomic mass is 10.1. The molecule has 0 aliphatic carbocycles. The number of halogens is 1. The van der Waals surface area contributed by atoms with Gasteiger partial charge in [0.1, 0.15) is 10.8 Å². The van der Waals surface area contributed by atoms with Gasteiger partial charge in [0.2, 0.25) is 0 Å². The topological polar surface area (TPSA) is 90.7 Å². The van der Waals surface area contributed by atoms with E-state index in [0.717, 1.165) is 0 Å². The third-order valence-corrected chi connectivity index (χ3v) is 2.73. The SMILES string of the molecule is COc1cc(O)c(-c2cc(N)no2)c(Cl)c1OC. The fraction of sp³-hybridized carbons (Fsp3) is 0.182. The van der Waals surface area contributed by atoms with Crippen molar-refractivity contribution in [1.82, 2.24) is 5.16 Å².